The van der Waals surface area contributed by atoms with Crippen LogP contribution in [0, 0.1) is 0 Å². The summed E-state index contributed by atoms with van der Waals surface area (Å²) in [5.41, 5.74) is 8.93. The number of ether oxygens (including phenoxy) is 2. The van der Waals surface area contributed by atoms with Gasteiger partial charge in [-0.15, -0.1) is 0 Å². The number of hydrogen-bond donors (Lipinski definition) is 1. The van der Waals surface area contributed by atoms with E-state index in [-0.39, 0.29) is 6.61 Å². The molecule has 2 aromatic carbocycles. The standard InChI is InChI=1S/C19H22FNO2/c20-11-12-22-13-14-23-19-9-7-17(8-10-19)2-1-16-3-5-18(15-21)6-4-16/h1-10H,11-15,21H2/b2-1+. The number of rotatable bonds is 9. The van der Waals surface area contributed by atoms with Crippen molar-refractivity contribution in [3.63, 3.8) is 0 Å². The summed E-state index contributed by atoms with van der Waals surface area (Å²) in [5.74, 6) is 0.776. The Kier molecular flexibility index (Phi) is 7.30. The number of benzene rings is 2. The fourth-order valence-electron chi connectivity index (χ4n) is 2.01. The van der Waals surface area contributed by atoms with Gasteiger partial charge in [-0.3, -0.25) is 0 Å². The first kappa shape index (κ1) is 17.2. The van der Waals surface area contributed by atoms with E-state index < -0.39 is 6.67 Å². The molecule has 2 rings (SSSR count). The molecule has 0 saturated heterocycles. The molecule has 23 heavy (non-hydrogen) atoms. The molecular weight excluding hydrogens is 293 g/mol. The minimum atomic E-state index is -0.462. The van der Waals surface area contributed by atoms with Crippen molar-refractivity contribution >= 4 is 12.2 Å². The van der Waals surface area contributed by atoms with Gasteiger partial charge in [-0.1, -0.05) is 48.6 Å². The lowest BCUT2D eigenvalue weighted by Gasteiger charge is -2.06. The van der Waals surface area contributed by atoms with E-state index in [1.807, 2.05) is 54.6 Å². The Hall–Kier alpha value is -2.17. The van der Waals surface area contributed by atoms with Crippen LogP contribution in [0.15, 0.2) is 48.5 Å². The Morgan fingerprint density at radius 2 is 1.43 bits per heavy atom. The molecule has 0 aliphatic rings. The number of nitrogens with two attached hydrogens (primary N) is 1. The first-order valence-corrected chi connectivity index (χ1v) is 7.65. The normalized spacial score (nSPS) is 11.0. The number of halogens is 1. The molecule has 0 bridgehead atoms. The fraction of sp³-hybridized carbons (Fsp3) is 0.263. The molecule has 2 N–H and O–H groups in total. The molecule has 0 aliphatic heterocycles. The molecule has 4 heteroatoms. The Balaban J connectivity index is 1.82. The minimum Gasteiger partial charge on any atom is -0.491 e. The van der Waals surface area contributed by atoms with E-state index in [4.69, 9.17) is 15.2 Å². The summed E-state index contributed by atoms with van der Waals surface area (Å²) in [7, 11) is 0. The summed E-state index contributed by atoms with van der Waals surface area (Å²) in [6.07, 6.45) is 4.10. The van der Waals surface area contributed by atoms with Crippen LogP contribution in [0.2, 0.25) is 0 Å². The molecule has 0 fully saturated rings. The minimum absolute atomic E-state index is 0.124. The van der Waals surface area contributed by atoms with Crippen molar-refractivity contribution in [1.82, 2.24) is 0 Å². The predicted molar refractivity (Wildman–Crippen MR) is 92.0 cm³/mol. The van der Waals surface area contributed by atoms with Crippen LogP contribution in [0.5, 0.6) is 5.75 Å². The zero-order valence-corrected chi connectivity index (χ0v) is 13.1. The highest BCUT2D eigenvalue weighted by Gasteiger charge is 1.95. The van der Waals surface area contributed by atoms with Crippen LogP contribution >= 0.6 is 0 Å². The summed E-state index contributed by atoms with van der Waals surface area (Å²) in [6, 6.07) is 16.0. The lowest BCUT2D eigenvalue weighted by atomic mass is 10.1. The average Bonchev–Trinajstić information content (AvgIpc) is 2.61. The monoisotopic (exact) mass is 315 g/mol. The van der Waals surface area contributed by atoms with Gasteiger partial charge in [0.2, 0.25) is 0 Å². The highest BCUT2D eigenvalue weighted by atomic mass is 19.1. The molecule has 122 valence electrons. The van der Waals surface area contributed by atoms with Crippen LogP contribution in [0.4, 0.5) is 4.39 Å². The maximum atomic E-state index is 11.8. The SMILES string of the molecule is NCc1ccc(/C=C/c2ccc(OCCOCCF)cc2)cc1. The molecule has 0 aliphatic carbocycles. The first-order chi connectivity index (χ1) is 11.3. The van der Waals surface area contributed by atoms with Gasteiger partial charge >= 0.3 is 0 Å². The van der Waals surface area contributed by atoms with Gasteiger partial charge in [-0.2, -0.15) is 0 Å². The van der Waals surface area contributed by atoms with E-state index in [0.29, 0.717) is 19.8 Å². The molecule has 0 spiro atoms. The quantitative estimate of drug-likeness (QED) is 0.567. The van der Waals surface area contributed by atoms with Gasteiger partial charge in [-0.05, 0) is 28.8 Å². The van der Waals surface area contributed by atoms with E-state index in [1.54, 1.807) is 0 Å². The highest BCUT2D eigenvalue weighted by molar-refractivity contribution is 5.69. The molecule has 0 saturated carbocycles. The highest BCUT2D eigenvalue weighted by Crippen LogP contribution is 2.15. The van der Waals surface area contributed by atoms with Crippen molar-refractivity contribution < 1.29 is 13.9 Å². The van der Waals surface area contributed by atoms with Gasteiger partial charge in [0.15, 0.2) is 0 Å². The number of alkyl halides is 1. The Morgan fingerprint density at radius 3 is 2.00 bits per heavy atom. The van der Waals surface area contributed by atoms with Crippen LogP contribution in [-0.4, -0.2) is 26.5 Å². The lowest BCUT2D eigenvalue weighted by Crippen LogP contribution is -2.08. The largest absolute Gasteiger partial charge is 0.491 e. The van der Waals surface area contributed by atoms with Crippen LogP contribution in [0.3, 0.4) is 0 Å². The summed E-state index contributed by atoms with van der Waals surface area (Å²) in [6.45, 7) is 1.03. The van der Waals surface area contributed by atoms with Crippen molar-refractivity contribution in [1.29, 1.82) is 0 Å². The maximum absolute atomic E-state index is 11.8. The van der Waals surface area contributed by atoms with E-state index in [2.05, 4.69) is 6.08 Å². The Labute approximate surface area is 136 Å². The van der Waals surface area contributed by atoms with Crippen molar-refractivity contribution in [2.45, 2.75) is 6.54 Å². The average molecular weight is 315 g/mol. The van der Waals surface area contributed by atoms with Gasteiger partial charge in [-0.25, -0.2) is 4.39 Å². The van der Waals surface area contributed by atoms with Crippen LogP contribution in [0.1, 0.15) is 16.7 Å². The summed E-state index contributed by atoms with van der Waals surface area (Å²) in [5, 5.41) is 0. The Bertz CT molecular complexity index is 594. The molecule has 3 nitrogen and oxygen atoms in total. The first-order valence-electron chi connectivity index (χ1n) is 7.65. The molecular formula is C19H22FNO2. The Morgan fingerprint density at radius 1 is 0.826 bits per heavy atom. The van der Waals surface area contributed by atoms with E-state index in [1.165, 1.54) is 0 Å². The summed E-state index contributed by atoms with van der Waals surface area (Å²) >= 11 is 0. The molecule has 2 aromatic rings. The third-order valence-corrected chi connectivity index (χ3v) is 3.28. The van der Waals surface area contributed by atoms with Crippen LogP contribution in [0.25, 0.3) is 12.2 Å². The van der Waals surface area contributed by atoms with Gasteiger partial charge in [0, 0.05) is 6.54 Å². The van der Waals surface area contributed by atoms with Gasteiger partial charge < -0.3 is 15.2 Å². The molecule has 0 heterocycles. The van der Waals surface area contributed by atoms with Gasteiger partial charge in [0.25, 0.3) is 0 Å². The second-order valence-electron chi connectivity index (χ2n) is 5.00. The van der Waals surface area contributed by atoms with Crippen LogP contribution in [-0.2, 0) is 11.3 Å². The third kappa shape index (κ3) is 6.22. The van der Waals surface area contributed by atoms with Crippen LogP contribution < -0.4 is 10.5 Å². The third-order valence-electron chi connectivity index (χ3n) is 3.28. The van der Waals surface area contributed by atoms with E-state index >= 15 is 0 Å². The summed E-state index contributed by atoms with van der Waals surface area (Å²) < 4.78 is 22.4. The van der Waals surface area contributed by atoms with Gasteiger partial charge in [0.1, 0.15) is 19.0 Å². The molecule has 0 aromatic heterocycles. The smallest absolute Gasteiger partial charge is 0.119 e. The molecule has 0 unspecified atom stereocenters. The van der Waals surface area contributed by atoms with Crippen molar-refractivity contribution in [3.05, 3.63) is 65.2 Å². The molecule has 0 radical (unpaired) electrons. The molecule has 0 amide bonds. The second kappa shape index (κ2) is 9.77. The second-order valence-corrected chi connectivity index (χ2v) is 5.00. The van der Waals surface area contributed by atoms with Crippen molar-refractivity contribution in [2.24, 2.45) is 5.73 Å². The lowest BCUT2D eigenvalue weighted by molar-refractivity contribution is 0.0897. The fourth-order valence-corrected chi connectivity index (χ4v) is 2.01. The van der Waals surface area contributed by atoms with Gasteiger partial charge in [0.05, 0.1) is 13.2 Å². The predicted octanol–water partition coefficient (Wildman–Crippen LogP) is 3.68. The number of hydrogen-bond acceptors (Lipinski definition) is 3. The van der Waals surface area contributed by atoms with Crippen molar-refractivity contribution in [3.8, 4) is 5.75 Å². The topological polar surface area (TPSA) is 44.5 Å². The van der Waals surface area contributed by atoms with E-state index in [0.717, 1.165) is 22.4 Å². The zero-order chi connectivity index (χ0) is 16.3. The zero-order valence-electron chi connectivity index (χ0n) is 13.1. The van der Waals surface area contributed by atoms with E-state index in [9.17, 15) is 4.39 Å². The maximum Gasteiger partial charge on any atom is 0.119 e. The van der Waals surface area contributed by atoms with Crippen molar-refractivity contribution in [2.75, 3.05) is 26.5 Å². The summed E-state index contributed by atoms with van der Waals surface area (Å²) in [4.78, 5) is 0. The molecule has 0 atom stereocenters.